The number of amides is 1. The van der Waals surface area contributed by atoms with Gasteiger partial charge in [0.05, 0.1) is 13.2 Å². The Morgan fingerprint density at radius 3 is 2.71 bits per heavy atom. The summed E-state index contributed by atoms with van der Waals surface area (Å²) in [5.74, 6) is 0.254. The molecule has 1 atom stereocenters. The van der Waals surface area contributed by atoms with Gasteiger partial charge in [0.25, 0.3) is 5.91 Å². The van der Waals surface area contributed by atoms with E-state index in [0.29, 0.717) is 11.1 Å². The summed E-state index contributed by atoms with van der Waals surface area (Å²) in [6.07, 6.45) is 0. The summed E-state index contributed by atoms with van der Waals surface area (Å²) < 4.78 is 18.7. The van der Waals surface area contributed by atoms with Crippen molar-refractivity contribution >= 4 is 16.8 Å². The van der Waals surface area contributed by atoms with Gasteiger partial charge in [-0.05, 0) is 37.3 Å². The molecule has 0 aliphatic heterocycles. The number of fused-ring (bicyclic) bond motifs is 1. The number of hydrogen-bond acceptors (Lipinski definition) is 2. The molecule has 1 aromatic heterocycles. The van der Waals surface area contributed by atoms with Crippen LogP contribution >= 0.6 is 0 Å². The van der Waals surface area contributed by atoms with Crippen molar-refractivity contribution < 1.29 is 13.9 Å². The van der Waals surface area contributed by atoms with Gasteiger partial charge in [-0.3, -0.25) is 4.79 Å². The first-order valence-electron chi connectivity index (χ1n) is 7.69. The van der Waals surface area contributed by atoms with E-state index < -0.39 is 0 Å². The molecule has 1 N–H and O–H groups in total. The van der Waals surface area contributed by atoms with Gasteiger partial charge in [-0.15, -0.1) is 0 Å². The molecule has 24 heavy (non-hydrogen) atoms. The second-order valence-corrected chi connectivity index (χ2v) is 5.75. The average molecular weight is 326 g/mol. The second kappa shape index (κ2) is 6.35. The summed E-state index contributed by atoms with van der Waals surface area (Å²) >= 11 is 0. The zero-order chi connectivity index (χ0) is 17.3. The van der Waals surface area contributed by atoms with Crippen LogP contribution in [0.25, 0.3) is 10.9 Å². The van der Waals surface area contributed by atoms with E-state index in [2.05, 4.69) is 4.98 Å². The molecule has 0 bridgehead atoms. The lowest BCUT2D eigenvalue weighted by Gasteiger charge is -2.26. The van der Waals surface area contributed by atoms with Crippen LogP contribution in [0.3, 0.4) is 0 Å². The number of hydrogen-bond donors (Lipinski definition) is 1. The second-order valence-electron chi connectivity index (χ2n) is 5.75. The normalized spacial score (nSPS) is 12.2. The number of halogens is 1. The number of para-hydroxylation sites is 1. The van der Waals surface area contributed by atoms with Gasteiger partial charge >= 0.3 is 0 Å². The van der Waals surface area contributed by atoms with E-state index in [1.54, 1.807) is 31.2 Å². The fraction of sp³-hybridized carbons (Fsp3) is 0.211. The van der Waals surface area contributed by atoms with Crippen LogP contribution in [-0.2, 0) is 0 Å². The Morgan fingerprint density at radius 1 is 1.21 bits per heavy atom. The summed E-state index contributed by atoms with van der Waals surface area (Å²) in [7, 11) is 3.35. The third kappa shape index (κ3) is 2.85. The minimum atomic E-state index is -0.323. The van der Waals surface area contributed by atoms with E-state index in [1.807, 2.05) is 31.2 Å². The molecule has 0 spiro atoms. The zero-order valence-corrected chi connectivity index (χ0v) is 13.8. The quantitative estimate of drug-likeness (QED) is 0.783. The molecule has 2 aromatic carbocycles. The summed E-state index contributed by atoms with van der Waals surface area (Å²) in [4.78, 5) is 17.5. The molecule has 1 heterocycles. The minimum absolute atomic E-state index is 0.162. The van der Waals surface area contributed by atoms with Crippen molar-refractivity contribution in [2.24, 2.45) is 0 Å². The fourth-order valence-corrected chi connectivity index (χ4v) is 2.80. The topological polar surface area (TPSA) is 45.3 Å². The van der Waals surface area contributed by atoms with Crippen molar-refractivity contribution in [3.63, 3.8) is 0 Å². The molecule has 5 heteroatoms. The maximum absolute atomic E-state index is 13.3. The Kier molecular flexibility index (Phi) is 4.25. The summed E-state index contributed by atoms with van der Waals surface area (Å²) in [5, 5.41) is 0.677. The van der Waals surface area contributed by atoms with E-state index >= 15 is 0 Å². The number of methoxy groups -OCH3 is 1. The maximum atomic E-state index is 13.3. The predicted molar refractivity (Wildman–Crippen MR) is 91.8 cm³/mol. The van der Waals surface area contributed by atoms with Crippen molar-refractivity contribution in [3.8, 4) is 5.75 Å². The Labute approximate surface area is 139 Å². The van der Waals surface area contributed by atoms with Gasteiger partial charge in [-0.2, -0.15) is 0 Å². The number of benzene rings is 2. The van der Waals surface area contributed by atoms with Gasteiger partial charge in [0, 0.05) is 23.5 Å². The third-order valence-corrected chi connectivity index (χ3v) is 4.30. The maximum Gasteiger partial charge on any atom is 0.270 e. The molecule has 0 aliphatic carbocycles. The molecular formula is C19H19FN2O2. The van der Waals surface area contributed by atoms with Gasteiger partial charge in [0.15, 0.2) is 0 Å². The fourth-order valence-electron chi connectivity index (χ4n) is 2.80. The van der Waals surface area contributed by atoms with Crippen molar-refractivity contribution in [2.75, 3.05) is 14.2 Å². The molecule has 0 radical (unpaired) electrons. The molecule has 3 rings (SSSR count). The number of ether oxygens (including phenoxy) is 1. The zero-order valence-electron chi connectivity index (χ0n) is 13.8. The summed E-state index contributed by atoms with van der Waals surface area (Å²) in [6.45, 7) is 1.94. The number of carbonyl (C=O) groups is 1. The predicted octanol–water partition coefficient (Wildman–Crippen LogP) is 4.15. The van der Waals surface area contributed by atoms with Gasteiger partial charge < -0.3 is 14.6 Å². The molecule has 0 aliphatic rings. The van der Waals surface area contributed by atoms with Gasteiger partial charge in [0.2, 0.25) is 0 Å². The molecule has 1 amide bonds. The Hall–Kier alpha value is -2.82. The highest BCUT2D eigenvalue weighted by Crippen LogP contribution is 2.29. The third-order valence-electron chi connectivity index (χ3n) is 4.30. The Bertz CT molecular complexity index is 888. The van der Waals surface area contributed by atoms with Gasteiger partial charge in [0.1, 0.15) is 17.3 Å². The standard InChI is InChI=1S/C19H19FN2O2/c1-12(15-6-4-5-7-18(15)24-3)22(2)19(23)17-11-13-10-14(20)8-9-16(13)21-17/h4-12,21H,1-3H3. The molecule has 0 saturated carbocycles. The van der Waals surface area contributed by atoms with E-state index in [-0.39, 0.29) is 17.8 Å². The SMILES string of the molecule is COc1ccccc1C(C)N(C)C(=O)c1cc2cc(F)ccc2[nH]1. The van der Waals surface area contributed by atoms with E-state index in [1.165, 1.54) is 12.1 Å². The van der Waals surface area contributed by atoms with Crippen LogP contribution in [0, 0.1) is 5.82 Å². The van der Waals surface area contributed by atoms with E-state index in [0.717, 1.165) is 16.8 Å². The smallest absolute Gasteiger partial charge is 0.270 e. The lowest BCUT2D eigenvalue weighted by atomic mass is 10.1. The van der Waals surface area contributed by atoms with Crippen LogP contribution in [0.2, 0.25) is 0 Å². The van der Waals surface area contributed by atoms with Crippen molar-refractivity contribution in [3.05, 3.63) is 65.6 Å². The van der Waals surface area contributed by atoms with Crippen LogP contribution in [-0.4, -0.2) is 29.9 Å². The van der Waals surface area contributed by atoms with Crippen LogP contribution in [0.15, 0.2) is 48.5 Å². The number of rotatable bonds is 4. The minimum Gasteiger partial charge on any atom is -0.496 e. The van der Waals surface area contributed by atoms with Crippen molar-refractivity contribution in [1.82, 2.24) is 9.88 Å². The lowest BCUT2D eigenvalue weighted by Crippen LogP contribution is -2.30. The van der Waals surface area contributed by atoms with Crippen LogP contribution in [0.5, 0.6) is 5.75 Å². The van der Waals surface area contributed by atoms with Crippen LogP contribution in [0.1, 0.15) is 29.0 Å². The summed E-state index contributed by atoms with van der Waals surface area (Å²) in [5.41, 5.74) is 2.09. The molecule has 3 aromatic rings. The highest BCUT2D eigenvalue weighted by atomic mass is 19.1. The highest BCUT2D eigenvalue weighted by molar-refractivity contribution is 5.98. The number of aromatic amines is 1. The number of H-pyrrole nitrogens is 1. The lowest BCUT2D eigenvalue weighted by molar-refractivity contribution is 0.0736. The van der Waals surface area contributed by atoms with Crippen molar-refractivity contribution in [1.29, 1.82) is 0 Å². The molecule has 124 valence electrons. The van der Waals surface area contributed by atoms with Gasteiger partial charge in [-0.1, -0.05) is 18.2 Å². The average Bonchev–Trinajstić information content (AvgIpc) is 3.02. The van der Waals surface area contributed by atoms with E-state index in [9.17, 15) is 9.18 Å². The first kappa shape index (κ1) is 16.1. The molecular weight excluding hydrogens is 307 g/mol. The number of aromatic nitrogens is 1. The van der Waals surface area contributed by atoms with E-state index in [4.69, 9.17) is 4.74 Å². The molecule has 0 fully saturated rings. The molecule has 4 nitrogen and oxygen atoms in total. The first-order valence-corrected chi connectivity index (χ1v) is 7.69. The molecule has 1 unspecified atom stereocenters. The summed E-state index contributed by atoms with van der Waals surface area (Å²) in [6, 6.07) is 13.5. The number of nitrogens with one attached hydrogen (secondary N) is 1. The largest absolute Gasteiger partial charge is 0.496 e. The Morgan fingerprint density at radius 2 is 1.96 bits per heavy atom. The van der Waals surface area contributed by atoms with Gasteiger partial charge in [-0.25, -0.2) is 4.39 Å². The van der Waals surface area contributed by atoms with Crippen LogP contribution in [0.4, 0.5) is 4.39 Å². The Balaban J connectivity index is 1.90. The van der Waals surface area contributed by atoms with Crippen LogP contribution < -0.4 is 4.74 Å². The number of nitrogens with zero attached hydrogens (tertiary/aromatic N) is 1. The molecule has 0 saturated heterocycles. The monoisotopic (exact) mass is 326 g/mol. The van der Waals surface area contributed by atoms with Crippen molar-refractivity contribution in [2.45, 2.75) is 13.0 Å². The number of carbonyl (C=O) groups excluding carboxylic acids is 1. The highest BCUT2D eigenvalue weighted by Gasteiger charge is 2.22. The first-order chi connectivity index (χ1) is 11.5.